The van der Waals surface area contributed by atoms with Gasteiger partial charge in [0.1, 0.15) is 18.1 Å². The van der Waals surface area contributed by atoms with Crippen molar-refractivity contribution in [2.75, 3.05) is 6.61 Å². The number of hydrogen-bond acceptors (Lipinski definition) is 3. The Bertz CT molecular complexity index is 315. The van der Waals surface area contributed by atoms with Crippen LogP contribution in [0.2, 0.25) is 0 Å². The molecule has 0 aliphatic heterocycles. The molecule has 0 bridgehead atoms. The molecular formula is C13H21NO2. The van der Waals surface area contributed by atoms with Crippen LogP contribution in [0.5, 0.6) is 0 Å². The van der Waals surface area contributed by atoms with Crippen LogP contribution in [0.15, 0.2) is 16.5 Å². The van der Waals surface area contributed by atoms with Crippen molar-refractivity contribution in [2.45, 2.75) is 45.9 Å². The summed E-state index contributed by atoms with van der Waals surface area (Å²) in [5.41, 5.74) is 0. The summed E-state index contributed by atoms with van der Waals surface area (Å²) in [5.74, 6) is 2.73. The van der Waals surface area contributed by atoms with Gasteiger partial charge in [0.25, 0.3) is 0 Å². The first-order valence-corrected chi connectivity index (χ1v) is 6.13. The Balaban J connectivity index is 1.68. The van der Waals surface area contributed by atoms with E-state index in [9.17, 15) is 0 Å². The van der Waals surface area contributed by atoms with Crippen molar-refractivity contribution in [1.82, 2.24) is 5.32 Å². The highest BCUT2D eigenvalue weighted by molar-refractivity contribution is 5.06. The molecule has 0 amide bonds. The molecule has 2 rings (SSSR count). The van der Waals surface area contributed by atoms with Crippen LogP contribution < -0.4 is 5.32 Å². The van der Waals surface area contributed by atoms with Gasteiger partial charge < -0.3 is 14.5 Å². The third kappa shape index (κ3) is 3.99. The van der Waals surface area contributed by atoms with Crippen molar-refractivity contribution in [3.05, 3.63) is 23.7 Å². The maximum absolute atomic E-state index is 5.65. The lowest BCUT2D eigenvalue weighted by atomic mass is 10.3. The van der Waals surface area contributed by atoms with Gasteiger partial charge in [0.2, 0.25) is 0 Å². The van der Waals surface area contributed by atoms with E-state index < -0.39 is 0 Å². The zero-order valence-electron chi connectivity index (χ0n) is 10.2. The second-order valence-corrected chi connectivity index (χ2v) is 4.86. The molecule has 0 spiro atoms. The minimum absolute atomic E-state index is 0.486. The fraction of sp³-hybridized carbons (Fsp3) is 0.692. The molecule has 3 nitrogen and oxygen atoms in total. The molecule has 1 fully saturated rings. The number of rotatable bonds is 7. The first-order chi connectivity index (χ1) is 7.74. The van der Waals surface area contributed by atoms with Crippen molar-refractivity contribution in [3.8, 4) is 0 Å². The predicted molar refractivity (Wildman–Crippen MR) is 63.1 cm³/mol. The number of nitrogens with one attached hydrogen (secondary N) is 1. The minimum atomic E-state index is 0.486. The van der Waals surface area contributed by atoms with E-state index in [2.05, 4.69) is 19.2 Å². The topological polar surface area (TPSA) is 34.4 Å². The van der Waals surface area contributed by atoms with Gasteiger partial charge in [-0.15, -0.1) is 0 Å². The highest BCUT2D eigenvalue weighted by Gasteiger charge is 2.21. The molecule has 90 valence electrons. The van der Waals surface area contributed by atoms with Gasteiger partial charge in [-0.2, -0.15) is 0 Å². The average molecular weight is 223 g/mol. The Labute approximate surface area is 97.2 Å². The smallest absolute Gasteiger partial charge is 0.129 e. The predicted octanol–water partition coefficient (Wildman–Crippen LogP) is 2.70. The first kappa shape index (κ1) is 11.7. The molecule has 16 heavy (non-hydrogen) atoms. The van der Waals surface area contributed by atoms with Gasteiger partial charge in [-0.1, -0.05) is 13.8 Å². The van der Waals surface area contributed by atoms with Gasteiger partial charge in [0, 0.05) is 12.6 Å². The molecule has 0 saturated heterocycles. The van der Waals surface area contributed by atoms with Gasteiger partial charge in [-0.05, 0) is 30.9 Å². The lowest BCUT2D eigenvalue weighted by Gasteiger charge is -2.05. The van der Waals surface area contributed by atoms with Crippen LogP contribution in [0.25, 0.3) is 0 Å². The largest absolute Gasteiger partial charge is 0.462 e. The molecule has 3 heteroatoms. The van der Waals surface area contributed by atoms with Gasteiger partial charge in [-0.3, -0.25) is 0 Å². The minimum Gasteiger partial charge on any atom is -0.462 e. The summed E-state index contributed by atoms with van der Waals surface area (Å²) in [5, 5.41) is 3.32. The van der Waals surface area contributed by atoms with E-state index in [1.807, 2.05) is 12.1 Å². The van der Waals surface area contributed by atoms with Crippen LogP contribution in [-0.2, 0) is 17.9 Å². The van der Waals surface area contributed by atoms with Crippen LogP contribution in [-0.4, -0.2) is 12.6 Å². The first-order valence-electron chi connectivity index (χ1n) is 6.13. The Hall–Kier alpha value is -0.800. The molecule has 1 aliphatic rings. The van der Waals surface area contributed by atoms with Crippen molar-refractivity contribution in [2.24, 2.45) is 5.92 Å². The number of hydrogen-bond donors (Lipinski definition) is 1. The van der Waals surface area contributed by atoms with Gasteiger partial charge >= 0.3 is 0 Å². The molecule has 1 aromatic rings. The molecule has 0 unspecified atom stereocenters. The monoisotopic (exact) mass is 223 g/mol. The fourth-order valence-corrected chi connectivity index (χ4v) is 1.51. The van der Waals surface area contributed by atoms with Gasteiger partial charge in [-0.25, -0.2) is 0 Å². The maximum Gasteiger partial charge on any atom is 0.129 e. The molecule has 1 heterocycles. The van der Waals surface area contributed by atoms with E-state index in [0.717, 1.165) is 30.6 Å². The molecule has 1 saturated carbocycles. The second-order valence-electron chi connectivity index (χ2n) is 4.86. The molecule has 1 aliphatic carbocycles. The van der Waals surface area contributed by atoms with E-state index in [-0.39, 0.29) is 0 Å². The molecule has 1 aromatic heterocycles. The highest BCUT2D eigenvalue weighted by atomic mass is 16.5. The molecule has 0 aromatic carbocycles. The summed E-state index contributed by atoms with van der Waals surface area (Å²) in [4.78, 5) is 0. The average Bonchev–Trinajstić information content (AvgIpc) is 2.94. The molecule has 1 N–H and O–H groups in total. The maximum atomic E-state index is 5.65. The van der Waals surface area contributed by atoms with E-state index in [4.69, 9.17) is 9.15 Å². The van der Waals surface area contributed by atoms with Crippen molar-refractivity contribution >= 4 is 0 Å². The lowest BCUT2D eigenvalue weighted by Crippen LogP contribution is -2.21. The summed E-state index contributed by atoms with van der Waals surface area (Å²) in [6.07, 6.45) is 2.67. The summed E-state index contributed by atoms with van der Waals surface area (Å²) in [6.45, 7) is 6.55. The zero-order valence-corrected chi connectivity index (χ0v) is 10.2. The third-order valence-electron chi connectivity index (χ3n) is 2.70. The Morgan fingerprint density at radius 3 is 2.81 bits per heavy atom. The van der Waals surface area contributed by atoms with Gasteiger partial charge in [0.15, 0.2) is 0 Å². The zero-order chi connectivity index (χ0) is 11.4. The second kappa shape index (κ2) is 5.51. The van der Waals surface area contributed by atoms with Gasteiger partial charge in [0.05, 0.1) is 6.54 Å². The quantitative estimate of drug-likeness (QED) is 0.771. The molecule has 0 radical (unpaired) electrons. The van der Waals surface area contributed by atoms with Crippen LogP contribution >= 0.6 is 0 Å². The van der Waals surface area contributed by atoms with Crippen LogP contribution in [0.3, 0.4) is 0 Å². The third-order valence-corrected chi connectivity index (χ3v) is 2.70. The lowest BCUT2D eigenvalue weighted by molar-refractivity contribution is 0.0963. The van der Waals surface area contributed by atoms with E-state index >= 15 is 0 Å². The number of ether oxygens (including phenoxy) is 1. The normalized spacial score (nSPS) is 15.9. The van der Waals surface area contributed by atoms with Crippen LogP contribution in [0.1, 0.15) is 38.2 Å². The highest BCUT2D eigenvalue weighted by Crippen LogP contribution is 2.29. The van der Waals surface area contributed by atoms with Crippen molar-refractivity contribution in [1.29, 1.82) is 0 Å². The Morgan fingerprint density at radius 2 is 2.12 bits per heavy atom. The van der Waals surface area contributed by atoms with E-state index in [0.29, 0.717) is 12.6 Å². The SMILES string of the molecule is CC(C)NCc1ccc(COCC2CC2)o1. The summed E-state index contributed by atoms with van der Waals surface area (Å²) >= 11 is 0. The van der Waals surface area contributed by atoms with E-state index in [1.54, 1.807) is 0 Å². The van der Waals surface area contributed by atoms with Crippen LogP contribution in [0.4, 0.5) is 0 Å². The Kier molecular flexibility index (Phi) is 4.02. The summed E-state index contributed by atoms with van der Waals surface area (Å²) in [6, 6.07) is 4.51. The van der Waals surface area contributed by atoms with Crippen molar-refractivity contribution < 1.29 is 9.15 Å². The fourth-order valence-electron chi connectivity index (χ4n) is 1.51. The van der Waals surface area contributed by atoms with Crippen molar-refractivity contribution in [3.63, 3.8) is 0 Å². The molecular weight excluding hydrogens is 202 g/mol. The van der Waals surface area contributed by atoms with E-state index in [1.165, 1.54) is 12.8 Å². The summed E-state index contributed by atoms with van der Waals surface area (Å²) in [7, 11) is 0. The Morgan fingerprint density at radius 1 is 1.38 bits per heavy atom. The standard InChI is InChI=1S/C13H21NO2/c1-10(2)14-7-12-5-6-13(16-12)9-15-8-11-3-4-11/h5-6,10-11,14H,3-4,7-9H2,1-2H3. The molecule has 0 atom stereocenters. The van der Waals surface area contributed by atoms with Crippen LogP contribution in [0, 0.1) is 5.92 Å². The number of furan rings is 1. The summed E-state index contributed by atoms with van der Waals surface area (Å²) < 4.78 is 11.2.